The van der Waals surface area contributed by atoms with Crippen LogP contribution in [0, 0.1) is 0 Å². The smallest absolute Gasteiger partial charge is 0.0716 e. The first-order valence-electron chi connectivity index (χ1n) is 12.6. The summed E-state index contributed by atoms with van der Waals surface area (Å²) in [6.45, 7) is 0. The Bertz CT molecular complexity index is 1760. The number of hydrogen-bond acceptors (Lipinski definition) is 2. The van der Waals surface area contributed by atoms with E-state index in [1.54, 1.807) is 0 Å². The van der Waals surface area contributed by atoms with Gasteiger partial charge in [-0.2, -0.15) is 0 Å². The maximum absolute atomic E-state index is 4.88. The minimum atomic E-state index is 0.907. The molecule has 4 aliphatic rings. The second-order valence-corrected chi connectivity index (χ2v) is 10.3. The summed E-state index contributed by atoms with van der Waals surface area (Å²) in [7, 11) is 0. The lowest BCUT2D eigenvalue weighted by Crippen LogP contribution is -2.26. The SMILES string of the molecule is c1ccc2c(c1)Cc1cc3c(cc1-2)N1c2ccc4c(c2Cc2ccnc(c21)C3)Cc1ccccc1-4. The Morgan fingerprint density at radius 1 is 0.514 bits per heavy atom. The quantitative estimate of drug-likeness (QED) is 0.240. The van der Waals surface area contributed by atoms with E-state index in [-0.39, 0.29) is 0 Å². The zero-order chi connectivity index (χ0) is 22.7. The third-order valence-electron chi connectivity index (χ3n) is 8.59. The van der Waals surface area contributed by atoms with Crippen molar-refractivity contribution < 1.29 is 0 Å². The maximum Gasteiger partial charge on any atom is 0.0716 e. The molecule has 1 aromatic heterocycles. The molecule has 0 saturated heterocycles. The van der Waals surface area contributed by atoms with Gasteiger partial charge in [0.1, 0.15) is 0 Å². The van der Waals surface area contributed by atoms with Gasteiger partial charge in [0.05, 0.1) is 22.8 Å². The molecule has 0 amide bonds. The van der Waals surface area contributed by atoms with Crippen molar-refractivity contribution in [2.45, 2.75) is 25.7 Å². The zero-order valence-electron chi connectivity index (χ0n) is 19.3. The average molecular weight is 447 g/mol. The molecule has 0 saturated carbocycles. The molecule has 164 valence electrons. The number of benzene rings is 4. The van der Waals surface area contributed by atoms with Crippen LogP contribution in [0.3, 0.4) is 0 Å². The highest BCUT2D eigenvalue weighted by molar-refractivity contribution is 5.94. The molecule has 3 heterocycles. The van der Waals surface area contributed by atoms with Crippen molar-refractivity contribution in [1.82, 2.24) is 4.98 Å². The molecule has 2 heteroatoms. The van der Waals surface area contributed by atoms with Crippen LogP contribution in [0.1, 0.15) is 44.6 Å². The van der Waals surface area contributed by atoms with E-state index in [9.17, 15) is 0 Å². The second-order valence-electron chi connectivity index (χ2n) is 10.3. The van der Waals surface area contributed by atoms with Gasteiger partial charge in [-0.05, 0) is 92.2 Å². The van der Waals surface area contributed by atoms with Gasteiger partial charge in [0.2, 0.25) is 0 Å². The minimum Gasteiger partial charge on any atom is -0.308 e. The third kappa shape index (κ3) is 2.27. The van der Waals surface area contributed by atoms with Gasteiger partial charge in [-0.1, -0.05) is 60.7 Å². The van der Waals surface area contributed by atoms with Crippen LogP contribution >= 0.6 is 0 Å². The Labute approximate surface area is 204 Å². The molecule has 35 heavy (non-hydrogen) atoms. The van der Waals surface area contributed by atoms with Gasteiger partial charge < -0.3 is 4.90 Å². The van der Waals surface area contributed by atoms with Crippen LogP contribution in [0.4, 0.5) is 17.1 Å². The largest absolute Gasteiger partial charge is 0.308 e. The summed E-state index contributed by atoms with van der Waals surface area (Å²) in [6.07, 6.45) is 5.96. The van der Waals surface area contributed by atoms with Crippen molar-refractivity contribution in [1.29, 1.82) is 0 Å². The Morgan fingerprint density at radius 3 is 2.17 bits per heavy atom. The van der Waals surface area contributed by atoms with E-state index in [4.69, 9.17) is 4.98 Å². The third-order valence-corrected chi connectivity index (χ3v) is 8.59. The van der Waals surface area contributed by atoms with Crippen LogP contribution in [0.5, 0.6) is 0 Å². The molecule has 0 unspecified atom stereocenters. The molecule has 0 bridgehead atoms. The Morgan fingerprint density at radius 2 is 1.29 bits per heavy atom. The lowest BCUT2D eigenvalue weighted by molar-refractivity contribution is 0.951. The maximum atomic E-state index is 4.88. The highest BCUT2D eigenvalue weighted by atomic mass is 15.2. The first-order valence-corrected chi connectivity index (χ1v) is 12.6. The van der Waals surface area contributed by atoms with E-state index in [2.05, 4.69) is 83.8 Å². The normalized spacial score (nSPS) is 14.9. The fourth-order valence-electron chi connectivity index (χ4n) is 7.07. The van der Waals surface area contributed by atoms with Crippen molar-refractivity contribution in [2.24, 2.45) is 0 Å². The van der Waals surface area contributed by atoms with E-state index in [0.717, 1.165) is 25.7 Å². The van der Waals surface area contributed by atoms with Gasteiger partial charge in [-0.25, -0.2) is 0 Å². The topological polar surface area (TPSA) is 16.1 Å². The van der Waals surface area contributed by atoms with Gasteiger partial charge >= 0.3 is 0 Å². The van der Waals surface area contributed by atoms with Crippen LogP contribution in [0.2, 0.25) is 0 Å². The molecule has 4 aromatic carbocycles. The van der Waals surface area contributed by atoms with Crippen molar-refractivity contribution >= 4 is 17.1 Å². The molecule has 0 radical (unpaired) electrons. The summed E-state index contributed by atoms with van der Waals surface area (Å²) in [5, 5.41) is 0. The molecule has 9 rings (SSSR count). The highest BCUT2D eigenvalue weighted by Gasteiger charge is 2.36. The van der Waals surface area contributed by atoms with Gasteiger partial charge in [0.25, 0.3) is 0 Å². The first kappa shape index (κ1) is 18.2. The average Bonchev–Trinajstić information content (AvgIpc) is 3.45. The standard InChI is InChI=1S/C33H22N2/c1-4-8-25-19(5-1)13-22-14-23-17-30-33-21(11-12-34-30)16-29-28-15-20-6-2-3-7-24(20)26(28)9-10-31(29)35(33)32(23)18-27(22)25/h1-12,14,18H,13,15-17H2. The zero-order valence-corrected chi connectivity index (χ0v) is 19.3. The molecular formula is C33H22N2. The van der Waals surface area contributed by atoms with Crippen molar-refractivity contribution in [2.75, 3.05) is 4.90 Å². The molecular weight excluding hydrogens is 424 g/mol. The number of aromatic nitrogens is 1. The molecule has 0 N–H and O–H groups in total. The van der Waals surface area contributed by atoms with Crippen LogP contribution in [-0.2, 0) is 25.7 Å². The molecule has 0 spiro atoms. The molecule has 0 fully saturated rings. The number of hydrogen-bond donors (Lipinski definition) is 0. The lowest BCUT2D eigenvalue weighted by Gasteiger charge is -2.39. The van der Waals surface area contributed by atoms with E-state index < -0.39 is 0 Å². The van der Waals surface area contributed by atoms with Crippen molar-refractivity contribution in [3.05, 3.63) is 130 Å². The number of nitrogens with zero attached hydrogens (tertiary/aromatic N) is 2. The van der Waals surface area contributed by atoms with Crippen molar-refractivity contribution in [3.8, 4) is 22.3 Å². The van der Waals surface area contributed by atoms with Crippen LogP contribution < -0.4 is 4.90 Å². The predicted molar refractivity (Wildman–Crippen MR) is 141 cm³/mol. The van der Waals surface area contributed by atoms with Gasteiger partial charge in [0.15, 0.2) is 0 Å². The van der Waals surface area contributed by atoms with Crippen LogP contribution in [0.25, 0.3) is 22.3 Å². The fourth-order valence-corrected chi connectivity index (χ4v) is 7.07. The summed E-state index contributed by atoms with van der Waals surface area (Å²) in [6, 6.07) is 29.7. The summed E-state index contributed by atoms with van der Waals surface area (Å²) < 4.78 is 0. The summed E-state index contributed by atoms with van der Waals surface area (Å²) >= 11 is 0. The Hall–Kier alpha value is -4.17. The molecule has 2 aliphatic heterocycles. The second kappa shape index (κ2) is 6.28. The predicted octanol–water partition coefficient (Wildman–Crippen LogP) is 7.50. The molecule has 5 aromatic rings. The minimum absolute atomic E-state index is 0.907. The van der Waals surface area contributed by atoms with Crippen molar-refractivity contribution in [3.63, 3.8) is 0 Å². The van der Waals surface area contributed by atoms with Crippen LogP contribution in [0.15, 0.2) is 85.1 Å². The molecule has 0 atom stereocenters. The summed E-state index contributed by atoms with van der Waals surface area (Å²) in [5.41, 5.74) is 20.9. The van der Waals surface area contributed by atoms with Crippen LogP contribution in [-0.4, -0.2) is 4.98 Å². The van der Waals surface area contributed by atoms with E-state index >= 15 is 0 Å². The number of pyridine rings is 1. The van der Waals surface area contributed by atoms with Gasteiger partial charge in [-0.3, -0.25) is 4.98 Å². The van der Waals surface area contributed by atoms with E-state index in [1.807, 2.05) is 6.20 Å². The molecule has 2 nitrogen and oxygen atoms in total. The first-order chi connectivity index (χ1) is 17.3. The summed E-state index contributed by atoms with van der Waals surface area (Å²) in [5.74, 6) is 0. The monoisotopic (exact) mass is 446 g/mol. The Balaban J connectivity index is 1.31. The number of anilines is 3. The molecule has 2 aliphatic carbocycles. The van der Waals surface area contributed by atoms with E-state index in [0.29, 0.717) is 0 Å². The van der Waals surface area contributed by atoms with E-state index in [1.165, 1.54) is 84.0 Å². The number of rotatable bonds is 0. The highest BCUT2D eigenvalue weighted by Crippen LogP contribution is 2.54. The fraction of sp³-hybridized carbons (Fsp3) is 0.121. The lowest BCUT2D eigenvalue weighted by atomic mass is 9.85. The Kier molecular flexibility index (Phi) is 3.27. The number of fused-ring (bicyclic) bond motifs is 11. The van der Waals surface area contributed by atoms with Gasteiger partial charge in [0, 0.05) is 19.0 Å². The van der Waals surface area contributed by atoms with Gasteiger partial charge in [-0.15, -0.1) is 0 Å². The summed E-state index contributed by atoms with van der Waals surface area (Å²) in [4.78, 5) is 7.42.